The van der Waals surface area contributed by atoms with Crippen LogP contribution in [-0.4, -0.2) is 89.2 Å². The van der Waals surface area contributed by atoms with Crippen LogP contribution in [0.3, 0.4) is 0 Å². The number of aliphatic hydroxyl groups is 4. The van der Waals surface area contributed by atoms with E-state index in [4.69, 9.17) is 23.7 Å². The number of carbonyl (C=O) groups is 2. The molecule has 0 spiro atoms. The number of esters is 2. The highest BCUT2D eigenvalue weighted by atomic mass is 16.8. The first kappa shape index (κ1) is 21.0. The van der Waals surface area contributed by atoms with E-state index in [-0.39, 0.29) is 12.0 Å². The van der Waals surface area contributed by atoms with Crippen molar-refractivity contribution in [2.45, 2.75) is 56.4 Å². The highest BCUT2D eigenvalue weighted by molar-refractivity contribution is 5.90. The SMILES string of the molecule is COC(=O)C1=CO[C@@H](O[C@H]2O[C@@H](CO)[C@@H](O)[C@@H](O)[C@@H]2O)[C@@H]2[C@H](C)OC(=O)C[C@H]12. The van der Waals surface area contributed by atoms with Gasteiger partial charge < -0.3 is 44.1 Å². The number of rotatable bonds is 4. The lowest BCUT2D eigenvalue weighted by Crippen LogP contribution is -2.61. The van der Waals surface area contributed by atoms with Gasteiger partial charge in [-0.05, 0) is 6.92 Å². The summed E-state index contributed by atoms with van der Waals surface area (Å²) in [7, 11) is 1.21. The van der Waals surface area contributed by atoms with Crippen LogP contribution in [0, 0.1) is 11.8 Å². The highest BCUT2D eigenvalue weighted by Gasteiger charge is 2.51. The largest absolute Gasteiger partial charge is 0.471 e. The Hall–Kier alpha value is -1.76. The van der Waals surface area contributed by atoms with Crippen molar-refractivity contribution in [1.29, 1.82) is 0 Å². The second-order valence-electron chi connectivity index (χ2n) is 6.99. The topological polar surface area (TPSA) is 161 Å². The highest BCUT2D eigenvalue weighted by Crippen LogP contribution is 2.41. The summed E-state index contributed by atoms with van der Waals surface area (Å²) in [6.07, 6.45) is -8.08. The third-order valence-corrected chi connectivity index (χ3v) is 5.29. The molecule has 0 aromatic carbocycles. The summed E-state index contributed by atoms with van der Waals surface area (Å²) in [4.78, 5) is 23.9. The quantitative estimate of drug-likeness (QED) is 0.376. The monoisotopic (exact) mass is 404 g/mol. The number of carbonyl (C=O) groups excluding carboxylic acids is 2. The van der Waals surface area contributed by atoms with Crippen molar-refractivity contribution in [3.8, 4) is 0 Å². The molecule has 158 valence electrons. The van der Waals surface area contributed by atoms with E-state index in [9.17, 15) is 30.0 Å². The molecule has 4 N–H and O–H groups in total. The first-order valence-corrected chi connectivity index (χ1v) is 8.87. The molecule has 3 aliphatic heterocycles. The Balaban J connectivity index is 1.82. The number of aliphatic hydroxyl groups excluding tert-OH is 4. The molecule has 3 rings (SSSR count). The van der Waals surface area contributed by atoms with E-state index < -0.39 is 73.5 Å². The number of hydrogen-bond donors (Lipinski definition) is 4. The zero-order chi connectivity index (χ0) is 20.6. The van der Waals surface area contributed by atoms with Crippen LogP contribution < -0.4 is 0 Å². The summed E-state index contributed by atoms with van der Waals surface area (Å²) in [6, 6.07) is 0. The average molecular weight is 404 g/mol. The van der Waals surface area contributed by atoms with E-state index in [1.165, 1.54) is 7.11 Å². The smallest absolute Gasteiger partial charge is 0.337 e. The fraction of sp³-hybridized carbons (Fsp3) is 0.765. The minimum atomic E-state index is -1.62. The molecule has 3 aliphatic rings. The van der Waals surface area contributed by atoms with Gasteiger partial charge in [0.1, 0.15) is 30.5 Å². The lowest BCUT2D eigenvalue weighted by molar-refractivity contribution is -0.346. The molecule has 0 saturated carbocycles. The van der Waals surface area contributed by atoms with Gasteiger partial charge in [-0.25, -0.2) is 4.79 Å². The molecule has 0 aliphatic carbocycles. The predicted octanol–water partition coefficient (Wildman–Crippen LogP) is -2.22. The van der Waals surface area contributed by atoms with Crippen molar-refractivity contribution in [1.82, 2.24) is 0 Å². The fourth-order valence-electron chi connectivity index (χ4n) is 3.78. The second kappa shape index (κ2) is 8.31. The number of hydrogen-bond acceptors (Lipinski definition) is 11. The summed E-state index contributed by atoms with van der Waals surface area (Å²) in [5.41, 5.74) is 0.157. The maximum absolute atomic E-state index is 12.0. The van der Waals surface area contributed by atoms with E-state index in [1.54, 1.807) is 6.92 Å². The Labute approximate surface area is 160 Å². The average Bonchev–Trinajstić information content (AvgIpc) is 2.67. The van der Waals surface area contributed by atoms with Crippen LogP contribution in [0.25, 0.3) is 0 Å². The first-order valence-electron chi connectivity index (χ1n) is 8.87. The standard InChI is InChI=1S/C17H24O11/c1-6-11-7(3-10(19)26-6)8(15(23)24-2)5-25-16(11)28-17-14(22)13(21)12(20)9(4-18)27-17/h5-7,9,11-14,16-18,20-22H,3-4H2,1-2H3/t6-,7+,9-,11+,12+,13+,14-,16-,17+/m0/s1. The van der Waals surface area contributed by atoms with Gasteiger partial charge in [-0.15, -0.1) is 0 Å². The number of ether oxygens (including phenoxy) is 5. The van der Waals surface area contributed by atoms with Gasteiger partial charge in [-0.2, -0.15) is 0 Å². The molecule has 11 nitrogen and oxygen atoms in total. The summed E-state index contributed by atoms with van der Waals surface area (Å²) in [6.45, 7) is 1.00. The van der Waals surface area contributed by atoms with Crippen molar-refractivity contribution < 1.29 is 53.7 Å². The molecule has 0 aromatic heterocycles. The molecular formula is C17H24O11. The Morgan fingerprint density at radius 3 is 2.57 bits per heavy atom. The van der Waals surface area contributed by atoms with Crippen molar-refractivity contribution in [3.63, 3.8) is 0 Å². The van der Waals surface area contributed by atoms with Crippen LogP contribution in [0.15, 0.2) is 11.8 Å². The Kier molecular flexibility index (Phi) is 6.22. The number of fused-ring (bicyclic) bond motifs is 1. The van der Waals surface area contributed by atoms with E-state index in [0.717, 1.165) is 6.26 Å². The molecule has 0 unspecified atom stereocenters. The molecule has 0 bridgehead atoms. The van der Waals surface area contributed by atoms with Crippen LogP contribution in [-0.2, 0) is 33.3 Å². The molecule has 0 amide bonds. The van der Waals surface area contributed by atoms with Crippen molar-refractivity contribution in [2.24, 2.45) is 11.8 Å². The third kappa shape index (κ3) is 3.73. The van der Waals surface area contributed by atoms with Crippen LogP contribution in [0.2, 0.25) is 0 Å². The van der Waals surface area contributed by atoms with Crippen molar-refractivity contribution >= 4 is 11.9 Å². The fourth-order valence-corrected chi connectivity index (χ4v) is 3.78. The van der Waals surface area contributed by atoms with E-state index >= 15 is 0 Å². The van der Waals surface area contributed by atoms with Crippen LogP contribution in [0.4, 0.5) is 0 Å². The summed E-state index contributed by atoms with van der Waals surface area (Å²) >= 11 is 0. The Morgan fingerprint density at radius 1 is 1.21 bits per heavy atom. The second-order valence-corrected chi connectivity index (χ2v) is 6.99. The zero-order valence-corrected chi connectivity index (χ0v) is 15.3. The molecule has 11 heteroatoms. The van der Waals surface area contributed by atoms with Crippen molar-refractivity contribution in [2.75, 3.05) is 13.7 Å². The molecule has 28 heavy (non-hydrogen) atoms. The normalized spacial score (nSPS) is 43.3. The molecule has 0 aromatic rings. The molecule has 3 heterocycles. The van der Waals surface area contributed by atoms with Crippen LogP contribution in [0.1, 0.15) is 13.3 Å². The van der Waals surface area contributed by atoms with Gasteiger partial charge in [-0.1, -0.05) is 0 Å². The zero-order valence-electron chi connectivity index (χ0n) is 15.3. The maximum Gasteiger partial charge on any atom is 0.337 e. The first-order chi connectivity index (χ1) is 13.3. The molecular weight excluding hydrogens is 380 g/mol. The molecule has 2 saturated heterocycles. The minimum absolute atomic E-state index is 0.0894. The summed E-state index contributed by atoms with van der Waals surface area (Å²) in [5, 5.41) is 39.2. The summed E-state index contributed by atoms with van der Waals surface area (Å²) < 4.78 is 26.5. The predicted molar refractivity (Wildman–Crippen MR) is 87.0 cm³/mol. The van der Waals surface area contributed by atoms with E-state index in [0.29, 0.717) is 0 Å². The van der Waals surface area contributed by atoms with Gasteiger partial charge in [0.05, 0.1) is 37.9 Å². The molecule has 0 radical (unpaired) electrons. The Morgan fingerprint density at radius 2 is 1.93 bits per heavy atom. The van der Waals surface area contributed by atoms with Gasteiger partial charge in [0.15, 0.2) is 6.29 Å². The molecule has 2 fully saturated rings. The number of methoxy groups -OCH3 is 1. The lowest BCUT2D eigenvalue weighted by atomic mass is 9.77. The van der Waals surface area contributed by atoms with Gasteiger partial charge in [-0.3, -0.25) is 4.79 Å². The summed E-state index contributed by atoms with van der Waals surface area (Å²) in [5.74, 6) is -2.36. The third-order valence-electron chi connectivity index (χ3n) is 5.29. The van der Waals surface area contributed by atoms with Crippen LogP contribution >= 0.6 is 0 Å². The van der Waals surface area contributed by atoms with Gasteiger partial charge >= 0.3 is 11.9 Å². The van der Waals surface area contributed by atoms with Crippen molar-refractivity contribution in [3.05, 3.63) is 11.8 Å². The molecule has 9 atom stereocenters. The number of cyclic esters (lactones) is 1. The van der Waals surface area contributed by atoms with Gasteiger partial charge in [0.25, 0.3) is 0 Å². The maximum atomic E-state index is 12.0. The van der Waals surface area contributed by atoms with E-state index in [2.05, 4.69) is 0 Å². The van der Waals surface area contributed by atoms with Gasteiger partial charge in [0.2, 0.25) is 6.29 Å². The Bertz CT molecular complexity index is 633. The van der Waals surface area contributed by atoms with E-state index in [1.807, 2.05) is 0 Å². The van der Waals surface area contributed by atoms with Gasteiger partial charge in [0, 0.05) is 5.92 Å². The minimum Gasteiger partial charge on any atom is -0.471 e. The lowest BCUT2D eigenvalue weighted by Gasteiger charge is -2.45. The van der Waals surface area contributed by atoms with Crippen LogP contribution in [0.5, 0.6) is 0 Å².